The number of carbonyl (C=O) groups excluding carboxylic acids is 1. The van der Waals surface area contributed by atoms with Gasteiger partial charge in [-0.15, -0.1) is 0 Å². The SMILES string of the molecule is C=C(C)C(=O)OC(C(C)C)C(C)(C)CC. The van der Waals surface area contributed by atoms with Gasteiger partial charge in [0.05, 0.1) is 0 Å². The van der Waals surface area contributed by atoms with E-state index in [1.165, 1.54) is 0 Å². The Bertz CT molecular complexity index is 239. The minimum absolute atomic E-state index is 0.0132. The van der Waals surface area contributed by atoms with Crippen molar-refractivity contribution in [2.75, 3.05) is 0 Å². The fraction of sp³-hybridized carbons (Fsp3) is 0.769. The van der Waals surface area contributed by atoms with Crippen molar-refractivity contribution in [2.45, 2.75) is 54.1 Å². The van der Waals surface area contributed by atoms with Gasteiger partial charge in [0, 0.05) is 11.0 Å². The number of ether oxygens (including phenoxy) is 1. The lowest BCUT2D eigenvalue weighted by atomic mass is 9.78. The van der Waals surface area contributed by atoms with Crippen LogP contribution in [0, 0.1) is 11.3 Å². The predicted octanol–water partition coefficient (Wildman–Crippen LogP) is 3.57. The van der Waals surface area contributed by atoms with Crippen LogP contribution < -0.4 is 0 Å². The molecule has 0 fully saturated rings. The van der Waals surface area contributed by atoms with Crippen molar-refractivity contribution < 1.29 is 9.53 Å². The topological polar surface area (TPSA) is 26.3 Å². The molecule has 0 aromatic heterocycles. The van der Waals surface area contributed by atoms with E-state index >= 15 is 0 Å². The number of esters is 1. The van der Waals surface area contributed by atoms with Gasteiger partial charge in [-0.05, 0) is 19.3 Å². The van der Waals surface area contributed by atoms with Gasteiger partial charge in [-0.25, -0.2) is 4.79 Å². The Hall–Kier alpha value is -0.790. The highest BCUT2D eigenvalue weighted by Gasteiger charge is 2.33. The highest BCUT2D eigenvalue weighted by atomic mass is 16.5. The van der Waals surface area contributed by atoms with Crippen LogP contribution >= 0.6 is 0 Å². The van der Waals surface area contributed by atoms with Gasteiger partial charge in [0.2, 0.25) is 0 Å². The molecule has 0 saturated heterocycles. The molecule has 0 amide bonds. The number of rotatable bonds is 5. The minimum atomic E-state index is -0.282. The Labute approximate surface area is 93.7 Å². The smallest absolute Gasteiger partial charge is 0.333 e. The molecule has 0 radical (unpaired) electrons. The number of hydrogen-bond acceptors (Lipinski definition) is 2. The molecule has 1 atom stereocenters. The fourth-order valence-electron chi connectivity index (χ4n) is 1.62. The van der Waals surface area contributed by atoms with Gasteiger partial charge in [0.15, 0.2) is 0 Å². The van der Waals surface area contributed by atoms with E-state index in [4.69, 9.17) is 4.74 Å². The van der Waals surface area contributed by atoms with Crippen molar-refractivity contribution in [3.63, 3.8) is 0 Å². The van der Waals surface area contributed by atoms with Crippen LogP contribution in [0.15, 0.2) is 12.2 Å². The van der Waals surface area contributed by atoms with Gasteiger partial charge >= 0.3 is 5.97 Å². The summed E-state index contributed by atoms with van der Waals surface area (Å²) in [5.74, 6) is 0.0403. The van der Waals surface area contributed by atoms with E-state index in [9.17, 15) is 4.79 Å². The van der Waals surface area contributed by atoms with Crippen LogP contribution in [0.25, 0.3) is 0 Å². The second-order valence-electron chi connectivity index (χ2n) is 5.19. The molecule has 0 spiro atoms. The predicted molar refractivity (Wildman–Crippen MR) is 63.6 cm³/mol. The molecular formula is C13H24O2. The Kier molecular flexibility index (Phi) is 5.06. The average Bonchev–Trinajstić information content (AvgIpc) is 2.12. The summed E-state index contributed by atoms with van der Waals surface area (Å²) >= 11 is 0. The van der Waals surface area contributed by atoms with E-state index in [1.54, 1.807) is 6.92 Å². The zero-order valence-corrected chi connectivity index (χ0v) is 10.9. The van der Waals surface area contributed by atoms with E-state index in [1.807, 2.05) is 0 Å². The van der Waals surface area contributed by atoms with Crippen molar-refractivity contribution >= 4 is 5.97 Å². The first-order chi connectivity index (χ1) is 6.72. The third kappa shape index (κ3) is 4.06. The van der Waals surface area contributed by atoms with Crippen molar-refractivity contribution in [3.8, 4) is 0 Å². The van der Waals surface area contributed by atoms with Crippen molar-refractivity contribution in [3.05, 3.63) is 12.2 Å². The molecule has 0 aliphatic heterocycles. The van der Waals surface area contributed by atoms with Crippen molar-refractivity contribution in [2.24, 2.45) is 11.3 Å². The fourth-order valence-corrected chi connectivity index (χ4v) is 1.62. The monoisotopic (exact) mass is 212 g/mol. The van der Waals surface area contributed by atoms with Crippen LogP contribution in [0.3, 0.4) is 0 Å². The van der Waals surface area contributed by atoms with Crippen LogP contribution in [0.1, 0.15) is 48.0 Å². The average molecular weight is 212 g/mol. The van der Waals surface area contributed by atoms with Crippen LogP contribution in [0.5, 0.6) is 0 Å². The first kappa shape index (κ1) is 14.2. The normalized spacial score (nSPS) is 13.8. The van der Waals surface area contributed by atoms with E-state index in [0.29, 0.717) is 11.5 Å². The molecular weight excluding hydrogens is 188 g/mol. The highest BCUT2D eigenvalue weighted by Crippen LogP contribution is 2.32. The zero-order chi connectivity index (χ0) is 12.2. The van der Waals surface area contributed by atoms with Crippen LogP contribution in [0.4, 0.5) is 0 Å². The molecule has 1 unspecified atom stereocenters. The first-order valence-corrected chi connectivity index (χ1v) is 5.58. The molecule has 0 heterocycles. The Balaban J connectivity index is 4.70. The summed E-state index contributed by atoms with van der Waals surface area (Å²) in [4.78, 5) is 11.5. The molecule has 0 aromatic rings. The largest absolute Gasteiger partial charge is 0.458 e. The molecule has 0 bridgehead atoms. The van der Waals surface area contributed by atoms with Gasteiger partial charge in [-0.3, -0.25) is 0 Å². The molecule has 0 N–H and O–H groups in total. The Morgan fingerprint density at radius 3 is 2.13 bits per heavy atom. The quantitative estimate of drug-likeness (QED) is 0.514. The molecule has 2 heteroatoms. The maximum absolute atomic E-state index is 11.5. The van der Waals surface area contributed by atoms with Gasteiger partial charge in [-0.2, -0.15) is 0 Å². The molecule has 2 nitrogen and oxygen atoms in total. The maximum atomic E-state index is 11.5. The summed E-state index contributed by atoms with van der Waals surface area (Å²) in [7, 11) is 0. The molecule has 0 aromatic carbocycles. The molecule has 88 valence electrons. The van der Waals surface area contributed by atoms with Gasteiger partial charge in [0.1, 0.15) is 6.10 Å². The standard InChI is InChI=1S/C13H24O2/c1-8-13(6,7)11(9(2)3)15-12(14)10(4)5/h9,11H,4,8H2,1-3,5-7H3. The van der Waals surface area contributed by atoms with Crippen LogP contribution in [-0.2, 0) is 9.53 Å². The summed E-state index contributed by atoms with van der Waals surface area (Å²) in [5.41, 5.74) is 0.478. The lowest BCUT2D eigenvalue weighted by molar-refractivity contribution is -0.154. The van der Waals surface area contributed by atoms with E-state index in [-0.39, 0.29) is 17.5 Å². The second-order valence-corrected chi connectivity index (χ2v) is 5.19. The maximum Gasteiger partial charge on any atom is 0.333 e. The minimum Gasteiger partial charge on any atom is -0.458 e. The molecule has 0 aliphatic rings. The molecule has 15 heavy (non-hydrogen) atoms. The second kappa shape index (κ2) is 5.34. The third-order valence-electron chi connectivity index (χ3n) is 2.87. The molecule has 0 rings (SSSR count). The third-order valence-corrected chi connectivity index (χ3v) is 2.87. The van der Waals surface area contributed by atoms with E-state index < -0.39 is 0 Å². The van der Waals surface area contributed by atoms with E-state index in [2.05, 4.69) is 41.2 Å². The molecule has 0 aliphatic carbocycles. The lowest BCUT2D eigenvalue weighted by Gasteiger charge is -2.35. The summed E-state index contributed by atoms with van der Waals surface area (Å²) in [5, 5.41) is 0. The summed E-state index contributed by atoms with van der Waals surface area (Å²) in [6.07, 6.45) is 0.936. The Morgan fingerprint density at radius 2 is 1.87 bits per heavy atom. The summed E-state index contributed by atoms with van der Waals surface area (Å²) in [6.45, 7) is 15.8. The van der Waals surface area contributed by atoms with Crippen molar-refractivity contribution in [1.82, 2.24) is 0 Å². The lowest BCUT2D eigenvalue weighted by Crippen LogP contribution is -2.37. The van der Waals surface area contributed by atoms with Crippen molar-refractivity contribution in [1.29, 1.82) is 0 Å². The van der Waals surface area contributed by atoms with Crippen LogP contribution in [0.2, 0.25) is 0 Å². The number of hydrogen-bond donors (Lipinski definition) is 0. The van der Waals surface area contributed by atoms with E-state index in [0.717, 1.165) is 6.42 Å². The molecule has 0 saturated carbocycles. The Morgan fingerprint density at radius 1 is 1.40 bits per heavy atom. The number of carbonyl (C=O) groups is 1. The summed E-state index contributed by atoms with van der Waals surface area (Å²) in [6, 6.07) is 0. The van der Waals surface area contributed by atoms with Gasteiger partial charge in [0.25, 0.3) is 0 Å². The zero-order valence-electron chi connectivity index (χ0n) is 10.9. The van der Waals surface area contributed by atoms with Crippen LogP contribution in [-0.4, -0.2) is 12.1 Å². The summed E-state index contributed by atoms with van der Waals surface area (Å²) < 4.78 is 5.49. The van der Waals surface area contributed by atoms with Gasteiger partial charge < -0.3 is 4.74 Å². The highest BCUT2D eigenvalue weighted by molar-refractivity contribution is 5.87. The first-order valence-electron chi connectivity index (χ1n) is 5.58. The van der Waals surface area contributed by atoms with Gasteiger partial charge in [-0.1, -0.05) is 41.2 Å².